The van der Waals surface area contributed by atoms with Crippen LogP contribution in [0.4, 0.5) is 4.39 Å². The quantitative estimate of drug-likeness (QED) is 0.554. The van der Waals surface area contributed by atoms with Crippen molar-refractivity contribution >= 4 is 10.0 Å². The molecule has 0 aliphatic rings. The van der Waals surface area contributed by atoms with Crippen LogP contribution in [0.3, 0.4) is 0 Å². The fourth-order valence-corrected chi connectivity index (χ4v) is 3.33. The maximum atomic E-state index is 13.3. The summed E-state index contributed by atoms with van der Waals surface area (Å²) in [5.74, 6) is 0.512. The molecule has 3 aromatic carbocycles. The average Bonchev–Trinajstić information content (AvgIpc) is 3.14. The Morgan fingerprint density at radius 2 is 1.39 bits per heavy atom. The number of rotatable bonds is 4. The van der Waals surface area contributed by atoms with Crippen molar-refractivity contribution < 1.29 is 17.2 Å². The van der Waals surface area contributed by atoms with Gasteiger partial charge in [-0.15, -0.1) is 0 Å². The highest BCUT2D eigenvalue weighted by atomic mass is 32.2. The van der Waals surface area contributed by atoms with Gasteiger partial charge in [0.25, 0.3) is 0 Å². The van der Waals surface area contributed by atoms with Crippen molar-refractivity contribution in [3.8, 4) is 34.0 Å². The smallest absolute Gasteiger partial charge is 0.238 e. The molecule has 1 aromatic heterocycles. The maximum absolute atomic E-state index is 13.3. The van der Waals surface area contributed by atoms with Gasteiger partial charge in [-0.2, -0.15) is 0 Å². The van der Waals surface area contributed by atoms with Gasteiger partial charge in [0.15, 0.2) is 5.76 Å². The van der Waals surface area contributed by atoms with Gasteiger partial charge in [-0.3, -0.25) is 0 Å². The van der Waals surface area contributed by atoms with E-state index >= 15 is 0 Å². The third-order valence-electron chi connectivity index (χ3n) is 4.21. The van der Waals surface area contributed by atoms with Gasteiger partial charge in [0.1, 0.15) is 11.5 Å². The Bertz CT molecular complexity index is 1220. The third kappa shape index (κ3) is 3.58. The maximum Gasteiger partial charge on any atom is 0.238 e. The standard InChI is InChI=1S/C21H15FN2O3S/c22-17-10-6-15(7-11-17)20-19(14-8-12-18(13-9-14)28(23,25)26)24-21(27-20)16-4-2-1-3-5-16/h1-13H,(H2,23,25,26). The first-order chi connectivity index (χ1) is 13.4. The molecule has 0 atom stereocenters. The Kier molecular flexibility index (Phi) is 4.54. The van der Waals surface area contributed by atoms with E-state index in [2.05, 4.69) is 4.98 Å². The summed E-state index contributed by atoms with van der Waals surface area (Å²) < 4.78 is 42.3. The number of nitrogens with zero attached hydrogens (tertiary/aromatic N) is 1. The van der Waals surface area contributed by atoms with Crippen LogP contribution in [0.5, 0.6) is 0 Å². The van der Waals surface area contributed by atoms with E-state index in [0.717, 1.165) is 5.56 Å². The second-order valence-corrected chi connectivity index (χ2v) is 7.70. The zero-order valence-electron chi connectivity index (χ0n) is 14.5. The molecule has 5 nitrogen and oxygen atoms in total. The fraction of sp³-hybridized carbons (Fsp3) is 0. The van der Waals surface area contributed by atoms with Crippen LogP contribution in [-0.4, -0.2) is 13.4 Å². The van der Waals surface area contributed by atoms with Crippen molar-refractivity contribution in [1.82, 2.24) is 4.98 Å². The zero-order valence-corrected chi connectivity index (χ0v) is 15.4. The number of hydrogen-bond acceptors (Lipinski definition) is 4. The van der Waals surface area contributed by atoms with E-state index < -0.39 is 10.0 Å². The summed E-state index contributed by atoms with van der Waals surface area (Å²) in [4.78, 5) is 4.61. The lowest BCUT2D eigenvalue weighted by molar-refractivity contribution is 0.588. The molecule has 1 heterocycles. The molecule has 2 N–H and O–H groups in total. The molecule has 0 unspecified atom stereocenters. The van der Waals surface area contributed by atoms with E-state index in [4.69, 9.17) is 9.56 Å². The number of hydrogen-bond donors (Lipinski definition) is 1. The summed E-state index contributed by atoms with van der Waals surface area (Å²) >= 11 is 0. The predicted octanol–water partition coefficient (Wildman–Crippen LogP) is 4.46. The van der Waals surface area contributed by atoms with Crippen LogP contribution in [0, 0.1) is 5.82 Å². The lowest BCUT2D eigenvalue weighted by Gasteiger charge is -2.03. The molecular weight excluding hydrogens is 379 g/mol. The van der Waals surface area contributed by atoms with E-state index in [0.29, 0.717) is 28.5 Å². The van der Waals surface area contributed by atoms with Gasteiger partial charge in [0.2, 0.25) is 15.9 Å². The SMILES string of the molecule is NS(=O)(=O)c1ccc(-c2nc(-c3ccccc3)oc2-c2ccc(F)cc2)cc1. The van der Waals surface area contributed by atoms with E-state index in [1.807, 2.05) is 30.3 Å². The monoisotopic (exact) mass is 394 g/mol. The van der Waals surface area contributed by atoms with Crippen LogP contribution in [0.1, 0.15) is 0 Å². The summed E-state index contributed by atoms with van der Waals surface area (Å²) in [5, 5.41) is 5.16. The molecule has 0 aliphatic heterocycles. The summed E-state index contributed by atoms with van der Waals surface area (Å²) in [6, 6.07) is 21.3. The zero-order chi connectivity index (χ0) is 19.7. The Balaban J connectivity index is 1.87. The van der Waals surface area contributed by atoms with E-state index in [9.17, 15) is 12.8 Å². The van der Waals surface area contributed by atoms with Crippen LogP contribution in [0.2, 0.25) is 0 Å². The molecule has 0 amide bonds. The predicted molar refractivity (Wildman–Crippen MR) is 104 cm³/mol. The largest absolute Gasteiger partial charge is 0.435 e. The van der Waals surface area contributed by atoms with Crippen molar-refractivity contribution in [2.75, 3.05) is 0 Å². The van der Waals surface area contributed by atoms with Crippen molar-refractivity contribution in [2.45, 2.75) is 4.90 Å². The molecule has 28 heavy (non-hydrogen) atoms. The molecule has 0 saturated carbocycles. The highest BCUT2D eigenvalue weighted by molar-refractivity contribution is 7.89. The normalized spacial score (nSPS) is 11.5. The van der Waals surface area contributed by atoms with Gasteiger partial charge < -0.3 is 4.42 Å². The van der Waals surface area contributed by atoms with Crippen molar-refractivity contribution in [3.63, 3.8) is 0 Å². The minimum atomic E-state index is -3.79. The molecule has 0 bridgehead atoms. The second-order valence-electron chi connectivity index (χ2n) is 6.14. The van der Waals surface area contributed by atoms with Crippen molar-refractivity contribution in [3.05, 3.63) is 84.7 Å². The minimum absolute atomic E-state index is 0.00589. The van der Waals surface area contributed by atoms with Gasteiger partial charge in [-0.25, -0.2) is 22.9 Å². The Labute approximate surface area is 161 Å². The summed E-state index contributed by atoms with van der Waals surface area (Å²) in [7, 11) is -3.79. The topological polar surface area (TPSA) is 86.2 Å². The highest BCUT2D eigenvalue weighted by Gasteiger charge is 2.19. The van der Waals surface area contributed by atoms with Gasteiger partial charge in [-0.05, 0) is 48.5 Å². The van der Waals surface area contributed by atoms with E-state index in [1.54, 1.807) is 24.3 Å². The fourth-order valence-electron chi connectivity index (χ4n) is 2.82. The average molecular weight is 394 g/mol. The van der Waals surface area contributed by atoms with Crippen LogP contribution >= 0.6 is 0 Å². The van der Waals surface area contributed by atoms with Gasteiger partial charge in [0.05, 0.1) is 4.90 Å². The first-order valence-electron chi connectivity index (χ1n) is 8.37. The van der Waals surface area contributed by atoms with Crippen molar-refractivity contribution in [2.24, 2.45) is 5.14 Å². The molecule has 4 rings (SSSR count). The number of halogens is 1. The van der Waals surface area contributed by atoms with Gasteiger partial charge in [-0.1, -0.05) is 30.3 Å². The molecule has 0 radical (unpaired) electrons. The van der Waals surface area contributed by atoms with E-state index in [-0.39, 0.29) is 10.7 Å². The highest BCUT2D eigenvalue weighted by Crippen LogP contribution is 2.36. The molecular formula is C21H15FN2O3S. The number of nitrogens with two attached hydrogens (primary N) is 1. The Hall–Kier alpha value is -3.29. The van der Waals surface area contributed by atoms with E-state index in [1.165, 1.54) is 24.3 Å². The first-order valence-corrected chi connectivity index (χ1v) is 9.92. The van der Waals surface area contributed by atoms with Crippen LogP contribution in [0.15, 0.2) is 88.2 Å². The first kappa shape index (κ1) is 18.1. The number of primary sulfonamides is 1. The van der Waals surface area contributed by atoms with Gasteiger partial charge in [0, 0.05) is 16.7 Å². The molecule has 0 aliphatic carbocycles. The molecule has 0 spiro atoms. The molecule has 0 saturated heterocycles. The number of aromatic nitrogens is 1. The number of sulfonamides is 1. The third-order valence-corrected chi connectivity index (χ3v) is 5.14. The summed E-state index contributed by atoms with van der Waals surface area (Å²) in [5.41, 5.74) is 2.61. The Morgan fingerprint density at radius 1 is 0.786 bits per heavy atom. The van der Waals surface area contributed by atoms with Gasteiger partial charge >= 0.3 is 0 Å². The molecule has 0 fully saturated rings. The van der Waals surface area contributed by atoms with Crippen molar-refractivity contribution in [1.29, 1.82) is 0 Å². The lowest BCUT2D eigenvalue weighted by Crippen LogP contribution is -2.11. The Morgan fingerprint density at radius 3 is 2.00 bits per heavy atom. The number of oxazole rings is 1. The second kappa shape index (κ2) is 7.03. The van der Waals surface area contributed by atoms with Crippen LogP contribution in [-0.2, 0) is 10.0 Å². The molecule has 140 valence electrons. The summed E-state index contributed by atoms with van der Waals surface area (Å²) in [6.45, 7) is 0. The summed E-state index contributed by atoms with van der Waals surface area (Å²) in [6.07, 6.45) is 0. The number of benzene rings is 3. The van der Waals surface area contributed by atoms with Crippen LogP contribution in [0.25, 0.3) is 34.0 Å². The minimum Gasteiger partial charge on any atom is -0.435 e. The van der Waals surface area contributed by atoms with Crippen LogP contribution < -0.4 is 5.14 Å². The lowest BCUT2D eigenvalue weighted by atomic mass is 10.1. The molecule has 7 heteroatoms. The molecule has 4 aromatic rings.